The fourth-order valence-corrected chi connectivity index (χ4v) is 2.80. The summed E-state index contributed by atoms with van der Waals surface area (Å²) in [6, 6.07) is 13.7. The topological polar surface area (TPSA) is 70.1 Å². The van der Waals surface area contributed by atoms with Crippen molar-refractivity contribution in [1.82, 2.24) is 15.6 Å². The highest BCUT2D eigenvalue weighted by atomic mass is 32.1. The van der Waals surface area contributed by atoms with Gasteiger partial charge in [-0.05, 0) is 35.1 Å². The van der Waals surface area contributed by atoms with Gasteiger partial charge in [0, 0.05) is 0 Å². The van der Waals surface area contributed by atoms with Crippen LogP contribution in [0.5, 0.6) is 0 Å². The molecule has 0 radical (unpaired) electrons. The number of hydrogen-bond acceptors (Lipinski definition) is 4. The zero-order chi connectivity index (χ0) is 16.1. The van der Waals surface area contributed by atoms with Gasteiger partial charge in [0.15, 0.2) is 5.69 Å². The highest BCUT2D eigenvalue weighted by Gasteiger charge is 2.10. The van der Waals surface area contributed by atoms with Crippen molar-refractivity contribution in [1.29, 1.82) is 0 Å². The summed E-state index contributed by atoms with van der Waals surface area (Å²) in [4.78, 5) is 13.1. The van der Waals surface area contributed by atoms with Crippen molar-refractivity contribution in [2.45, 2.75) is 13.3 Å². The Hall–Kier alpha value is -2.73. The Balaban J connectivity index is 1.64. The Kier molecular flexibility index (Phi) is 4.63. The number of hydrogen-bond donors (Lipinski definition) is 2. The summed E-state index contributed by atoms with van der Waals surface area (Å²) in [6.45, 7) is 2.10. The standard InChI is InChI=1S/C17H16N4OS/c1-2-12-5-3-6-13(9-12)11-18-21-17(22)15-10-14(19-20-15)16-7-4-8-23-16/h3-11H,2H2,1H3,(H,19,20)(H,21,22). The van der Waals surface area contributed by atoms with Crippen molar-refractivity contribution < 1.29 is 4.79 Å². The van der Waals surface area contributed by atoms with Gasteiger partial charge in [-0.2, -0.15) is 10.2 Å². The van der Waals surface area contributed by atoms with Gasteiger partial charge in [0.05, 0.1) is 16.8 Å². The van der Waals surface area contributed by atoms with Crippen molar-refractivity contribution in [2.24, 2.45) is 5.10 Å². The molecule has 2 heterocycles. The van der Waals surface area contributed by atoms with Gasteiger partial charge in [0.2, 0.25) is 0 Å². The molecule has 0 saturated carbocycles. The molecule has 116 valence electrons. The maximum atomic E-state index is 12.0. The van der Waals surface area contributed by atoms with Gasteiger partial charge < -0.3 is 0 Å². The van der Waals surface area contributed by atoms with Crippen LogP contribution in [0.15, 0.2) is 52.9 Å². The van der Waals surface area contributed by atoms with Crippen LogP contribution in [-0.2, 0) is 6.42 Å². The molecule has 0 fully saturated rings. The van der Waals surface area contributed by atoms with Crippen LogP contribution >= 0.6 is 11.3 Å². The summed E-state index contributed by atoms with van der Waals surface area (Å²) in [5.41, 5.74) is 5.81. The Morgan fingerprint density at radius 2 is 2.26 bits per heavy atom. The average molecular weight is 324 g/mol. The second-order valence-corrected chi connectivity index (χ2v) is 5.89. The number of nitrogens with one attached hydrogen (secondary N) is 2. The van der Waals surface area contributed by atoms with Crippen LogP contribution in [0.4, 0.5) is 0 Å². The highest BCUT2D eigenvalue weighted by Crippen LogP contribution is 2.22. The maximum Gasteiger partial charge on any atom is 0.291 e. The second kappa shape index (κ2) is 7.02. The lowest BCUT2D eigenvalue weighted by molar-refractivity contribution is 0.0950. The molecule has 1 aromatic carbocycles. The third kappa shape index (κ3) is 3.73. The van der Waals surface area contributed by atoms with Crippen molar-refractivity contribution >= 4 is 23.5 Å². The van der Waals surface area contributed by atoms with Crippen molar-refractivity contribution in [2.75, 3.05) is 0 Å². The van der Waals surface area contributed by atoms with Gasteiger partial charge in [0.25, 0.3) is 5.91 Å². The van der Waals surface area contributed by atoms with E-state index >= 15 is 0 Å². The van der Waals surface area contributed by atoms with E-state index in [4.69, 9.17) is 0 Å². The van der Waals surface area contributed by atoms with Gasteiger partial charge in [-0.1, -0.05) is 37.3 Å². The SMILES string of the molecule is CCc1cccc(C=NNC(=O)c2cc(-c3cccs3)[nH]n2)c1. The number of carbonyl (C=O) groups excluding carboxylic acids is 1. The van der Waals surface area contributed by atoms with E-state index in [1.54, 1.807) is 23.6 Å². The summed E-state index contributed by atoms with van der Waals surface area (Å²) >= 11 is 1.59. The third-order valence-corrected chi connectivity index (χ3v) is 4.24. The number of carbonyl (C=O) groups is 1. The van der Waals surface area contributed by atoms with Crippen LogP contribution in [0.3, 0.4) is 0 Å². The quantitative estimate of drug-likeness (QED) is 0.557. The molecule has 0 aliphatic rings. The van der Waals surface area contributed by atoms with Crippen LogP contribution < -0.4 is 5.43 Å². The fraction of sp³-hybridized carbons (Fsp3) is 0.118. The Morgan fingerprint density at radius 1 is 1.35 bits per heavy atom. The lowest BCUT2D eigenvalue weighted by atomic mass is 10.1. The van der Waals surface area contributed by atoms with Crippen LogP contribution in [0, 0.1) is 0 Å². The summed E-state index contributed by atoms with van der Waals surface area (Å²) in [6.07, 6.45) is 2.59. The van der Waals surface area contributed by atoms with E-state index in [2.05, 4.69) is 33.7 Å². The molecule has 0 atom stereocenters. The van der Waals surface area contributed by atoms with Crippen molar-refractivity contribution in [3.05, 3.63) is 64.7 Å². The first kappa shape index (κ1) is 15.2. The minimum absolute atomic E-state index is 0.313. The number of nitrogens with zero attached hydrogens (tertiary/aromatic N) is 2. The summed E-state index contributed by atoms with van der Waals surface area (Å²) in [5.74, 6) is -0.341. The molecule has 0 spiro atoms. The smallest absolute Gasteiger partial charge is 0.276 e. The Labute approximate surface area is 138 Å². The summed E-state index contributed by atoms with van der Waals surface area (Å²) in [7, 11) is 0. The molecular formula is C17H16N4OS. The number of thiophene rings is 1. The van der Waals surface area contributed by atoms with E-state index in [0.29, 0.717) is 5.69 Å². The Bertz CT molecular complexity index is 821. The molecular weight excluding hydrogens is 308 g/mol. The normalized spacial score (nSPS) is 11.0. The predicted molar refractivity (Wildman–Crippen MR) is 92.8 cm³/mol. The number of aromatic amines is 1. The number of hydrazone groups is 1. The molecule has 5 nitrogen and oxygen atoms in total. The molecule has 2 aromatic heterocycles. The van der Waals surface area contributed by atoms with Crippen LogP contribution in [0.25, 0.3) is 10.6 Å². The van der Waals surface area contributed by atoms with Gasteiger partial charge in [-0.15, -0.1) is 11.3 Å². The first-order valence-corrected chi connectivity index (χ1v) is 8.16. The van der Waals surface area contributed by atoms with E-state index in [1.807, 2.05) is 35.7 Å². The molecule has 0 aliphatic heterocycles. The van der Waals surface area contributed by atoms with Gasteiger partial charge in [-0.3, -0.25) is 9.89 Å². The summed E-state index contributed by atoms with van der Waals surface area (Å²) < 4.78 is 0. The molecule has 3 rings (SSSR count). The predicted octanol–water partition coefficient (Wildman–Crippen LogP) is 3.46. The van der Waals surface area contributed by atoms with Gasteiger partial charge >= 0.3 is 0 Å². The molecule has 0 aliphatic carbocycles. The average Bonchev–Trinajstić information content (AvgIpc) is 3.26. The monoisotopic (exact) mass is 324 g/mol. The van der Waals surface area contributed by atoms with E-state index in [0.717, 1.165) is 22.6 Å². The number of rotatable bonds is 5. The van der Waals surface area contributed by atoms with E-state index in [9.17, 15) is 4.79 Å². The second-order valence-electron chi connectivity index (χ2n) is 4.94. The van der Waals surface area contributed by atoms with Crippen molar-refractivity contribution in [3.63, 3.8) is 0 Å². The third-order valence-electron chi connectivity index (χ3n) is 3.34. The highest BCUT2D eigenvalue weighted by molar-refractivity contribution is 7.13. The van der Waals surface area contributed by atoms with Gasteiger partial charge in [-0.25, -0.2) is 5.43 Å². The fourth-order valence-electron chi connectivity index (χ4n) is 2.11. The van der Waals surface area contributed by atoms with Crippen LogP contribution in [0.2, 0.25) is 0 Å². The van der Waals surface area contributed by atoms with E-state index < -0.39 is 0 Å². The molecule has 2 N–H and O–H groups in total. The number of benzene rings is 1. The maximum absolute atomic E-state index is 12.0. The molecule has 1 amide bonds. The number of H-pyrrole nitrogens is 1. The summed E-state index contributed by atoms with van der Waals surface area (Å²) in [5, 5.41) is 12.8. The first-order valence-electron chi connectivity index (χ1n) is 7.28. The van der Waals surface area contributed by atoms with Crippen LogP contribution in [0.1, 0.15) is 28.5 Å². The van der Waals surface area contributed by atoms with Gasteiger partial charge in [0.1, 0.15) is 0 Å². The molecule has 0 unspecified atom stereocenters. The number of aryl methyl sites for hydroxylation is 1. The zero-order valence-electron chi connectivity index (χ0n) is 12.6. The molecule has 0 bridgehead atoms. The van der Waals surface area contributed by atoms with Crippen molar-refractivity contribution in [3.8, 4) is 10.6 Å². The van der Waals surface area contributed by atoms with Crippen LogP contribution in [-0.4, -0.2) is 22.3 Å². The minimum Gasteiger partial charge on any atom is -0.276 e. The molecule has 6 heteroatoms. The first-order chi connectivity index (χ1) is 11.3. The largest absolute Gasteiger partial charge is 0.291 e. The molecule has 3 aromatic rings. The minimum atomic E-state index is -0.341. The zero-order valence-corrected chi connectivity index (χ0v) is 13.4. The number of amides is 1. The molecule has 0 saturated heterocycles. The van der Waals surface area contributed by atoms with E-state index in [-0.39, 0.29) is 5.91 Å². The molecule has 23 heavy (non-hydrogen) atoms. The lowest BCUT2D eigenvalue weighted by Gasteiger charge is -1.98. The van der Waals surface area contributed by atoms with E-state index in [1.165, 1.54) is 5.56 Å². The Morgan fingerprint density at radius 3 is 3.04 bits per heavy atom. The lowest BCUT2D eigenvalue weighted by Crippen LogP contribution is -2.18. The number of aromatic nitrogens is 2.